The number of hydrogen-bond acceptors (Lipinski definition) is 3. The Bertz CT molecular complexity index is 541. The van der Waals surface area contributed by atoms with Gasteiger partial charge in [-0.2, -0.15) is 0 Å². The van der Waals surface area contributed by atoms with Gasteiger partial charge in [-0.3, -0.25) is 4.79 Å². The molecule has 2 aromatic rings. The van der Waals surface area contributed by atoms with Crippen LogP contribution in [0.1, 0.15) is 10.5 Å². The Kier molecular flexibility index (Phi) is 2.20. The van der Waals surface area contributed by atoms with E-state index in [4.69, 9.17) is 10.8 Å². The maximum atomic E-state index is 10.9. The van der Waals surface area contributed by atoms with Crippen molar-refractivity contribution >= 4 is 33.4 Å². The zero-order chi connectivity index (χ0) is 11.0. The molecule has 0 aliphatic heterocycles. The van der Waals surface area contributed by atoms with E-state index in [-0.39, 0.29) is 12.2 Å². The maximum absolute atomic E-state index is 10.9. The number of amides is 1. The highest BCUT2D eigenvalue weighted by Gasteiger charge is 2.16. The van der Waals surface area contributed by atoms with Crippen LogP contribution in [0, 0.1) is 0 Å². The third-order valence-corrected chi connectivity index (χ3v) is 2.91. The standard InChI is InChI=1S/C9H8N2O3S/c10-8(12)4-11-5-1-2-15-7(5)3-6(11)9(13)14/h1-3H,4H2,(H2,10,12)(H,13,14). The summed E-state index contributed by atoms with van der Waals surface area (Å²) in [6, 6.07) is 3.32. The number of aromatic carboxylic acids is 1. The molecule has 6 heteroatoms. The number of nitrogens with two attached hydrogens (primary N) is 1. The molecular weight excluding hydrogens is 216 g/mol. The van der Waals surface area contributed by atoms with Crippen LogP contribution in [0.3, 0.4) is 0 Å². The summed E-state index contributed by atoms with van der Waals surface area (Å²) in [5, 5.41) is 10.8. The average molecular weight is 224 g/mol. The number of carboxylic acid groups (broad SMARTS) is 1. The molecule has 5 nitrogen and oxygen atoms in total. The Morgan fingerprint density at radius 2 is 2.27 bits per heavy atom. The van der Waals surface area contributed by atoms with E-state index in [2.05, 4.69) is 0 Å². The van der Waals surface area contributed by atoms with Crippen LogP contribution in [0.25, 0.3) is 10.2 Å². The van der Waals surface area contributed by atoms with Crippen molar-refractivity contribution in [3.63, 3.8) is 0 Å². The van der Waals surface area contributed by atoms with E-state index >= 15 is 0 Å². The van der Waals surface area contributed by atoms with Crippen LogP contribution >= 0.6 is 11.3 Å². The van der Waals surface area contributed by atoms with Crippen LogP contribution in [0.2, 0.25) is 0 Å². The summed E-state index contributed by atoms with van der Waals surface area (Å²) >= 11 is 1.43. The van der Waals surface area contributed by atoms with E-state index in [1.165, 1.54) is 15.9 Å². The van der Waals surface area contributed by atoms with E-state index < -0.39 is 11.9 Å². The van der Waals surface area contributed by atoms with Crippen LogP contribution in [-0.4, -0.2) is 21.6 Å². The summed E-state index contributed by atoms with van der Waals surface area (Å²) in [4.78, 5) is 21.7. The van der Waals surface area contributed by atoms with Crippen LogP contribution < -0.4 is 5.73 Å². The second-order valence-electron chi connectivity index (χ2n) is 3.06. The number of aromatic nitrogens is 1. The predicted octanol–water partition coefficient (Wildman–Crippen LogP) is 0.886. The van der Waals surface area contributed by atoms with Gasteiger partial charge in [-0.1, -0.05) is 0 Å². The Hall–Kier alpha value is -1.82. The van der Waals surface area contributed by atoms with Gasteiger partial charge in [-0.05, 0) is 17.5 Å². The largest absolute Gasteiger partial charge is 0.477 e. The normalized spacial score (nSPS) is 10.7. The van der Waals surface area contributed by atoms with Crippen molar-refractivity contribution in [3.8, 4) is 0 Å². The number of hydrogen-bond donors (Lipinski definition) is 2. The highest BCUT2D eigenvalue weighted by Crippen LogP contribution is 2.25. The van der Waals surface area contributed by atoms with Crippen LogP contribution in [0.5, 0.6) is 0 Å². The monoisotopic (exact) mass is 224 g/mol. The highest BCUT2D eigenvalue weighted by atomic mass is 32.1. The van der Waals surface area contributed by atoms with E-state index in [0.29, 0.717) is 0 Å². The van der Waals surface area contributed by atoms with Crippen molar-refractivity contribution in [2.75, 3.05) is 0 Å². The van der Waals surface area contributed by atoms with E-state index in [0.717, 1.165) is 10.2 Å². The fourth-order valence-electron chi connectivity index (χ4n) is 1.48. The van der Waals surface area contributed by atoms with Gasteiger partial charge in [0, 0.05) is 0 Å². The lowest BCUT2D eigenvalue weighted by molar-refractivity contribution is -0.118. The number of carbonyl (C=O) groups excluding carboxylic acids is 1. The third-order valence-electron chi connectivity index (χ3n) is 2.06. The molecule has 3 N–H and O–H groups in total. The first-order valence-electron chi connectivity index (χ1n) is 4.18. The molecule has 2 rings (SSSR count). The summed E-state index contributed by atoms with van der Waals surface area (Å²) in [7, 11) is 0. The van der Waals surface area contributed by atoms with E-state index in [9.17, 15) is 9.59 Å². The van der Waals surface area contributed by atoms with Crippen molar-refractivity contribution < 1.29 is 14.7 Å². The molecule has 0 aliphatic rings. The number of rotatable bonds is 3. The van der Waals surface area contributed by atoms with Gasteiger partial charge in [0.05, 0.1) is 10.2 Å². The first kappa shape index (κ1) is 9.72. The quantitative estimate of drug-likeness (QED) is 0.811. The van der Waals surface area contributed by atoms with Crippen LogP contribution in [-0.2, 0) is 11.3 Å². The molecule has 0 saturated heterocycles. The van der Waals surface area contributed by atoms with Gasteiger partial charge >= 0.3 is 5.97 Å². The van der Waals surface area contributed by atoms with Crippen molar-refractivity contribution in [2.24, 2.45) is 5.73 Å². The van der Waals surface area contributed by atoms with Crippen LogP contribution in [0.4, 0.5) is 0 Å². The molecule has 0 atom stereocenters. The van der Waals surface area contributed by atoms with Gasteiger partial charge in [0.15, 0.2) is 0 Å². The molecule has 0 spiro atoms. The molecule has 0 aliphatic carbocycles. The third kappa shape index (κ3) is 1.59. The minimum absolute atomic E-state index is 0.0932. The zero-order valence-electron chi connectivity index (χ0n) is 7.64. The molecule has 1 amide bonds. The molecular formula is C9H8N2O3S. The zero-order valence-corrected chi connectivity index (χ0v) is 8.45. The average Bonchev–Trinajstić information content (AvgIpc) is 2.66. The summed E-state index contributed by atoms with van der Waals surface area (Å²) in [5.74, 6) is -1.61. The first-order valence-corrected chi connectivity index (χ1v) is 5.06. The molecule has 0 fully saturated rings. The smallest absolute Gasteiger partial charge is 0.352 e. The second kappa shape index (κ2) is 3.39. The number of carboxylic acids is 1. The van der Waals surface area contributed by atoms with Crippen molar-refractivity contribution in [2.45, 2.75) is 6.54 Å². The Balaban J connectivity index is 2.63. The second-order valence-corrected chi connectivity index (χ2v) is 4.00. The number of primary amides is 1. The minimum Gasteiger partial charge on any atom is -0.477 e. The SMILES string of the molecule is NC(=O)Cn1c(C(=O)O)cc2sccc21. The van der Waals surface area contributed by atoms with Crippen LogP contribution in [0.15, 0.2) is 17.5 Å². The maximum Gasteiger partial charge on any atom is 0.352 e. The fraction of sp³-hybridized carbons (Fsp3) is 0.111. The number of fused-ring (bicyclic) bond motifs is 1. The summed E-state index contributed by atoms with van der Waals surface area (Å²) in [6.07, 6.45) is 0. The molecule has 0 bridgehead atoms. The first-order chi connectivity index (χ1) is 7.09. The number of carbonyl (C=O) groups is 2. The Morgan fingerprint density at radius 1 is 1.53 bits per heavy atom. The van der Waals surface area contributed by atoms with E-state index in [1.807, 2.05) is 5.38 Å². The molecule has 0 unspecified atom stereocenters. The lowest BCUT2D eigenvalue weighted by atomic mass is 10.4. The Morgan fingerprint density at radius 3 is 2.87 bits per heavy atom. The topological polar surface area (TPSA) is 85.3 Å². The molecule has 2 aromatic heterocycles. The lowest BCUT2D eigenvalue weighted by Crippen LogP contribution is -2.21. The molecule has 2 heterocycles. The lowest BCUT2D eigenvalue weighted by Gasteiger charge is -2.03. The van der Waals surface area contributed by atoms with Gasteiger partial charge in [-0.15, -0.1) is 11.3 Å². The molecule has 0 saturated carbocycles. The number of nitrogens with zero attached hydrogens (tertiary/aromatic N) is 1. The number of thiophene rings is 1. The molecule has 78 valence electrons. The van der Waals surface area contributed by atoms with Gasteiger partial charge in [0.2, 0.25) is 5.91 Å². The summed E-state index contributed by atoms with van der Waals surface area (Å²) in [6.45, 7) is -0.109. The van der Waals surface area contributed by atoms with Crippen molar-refractivity contribution in [1.82, 2.24) is 4.57 Å². The molecule has 0 aromatic carbocycles. The highest BCUT2D eigenvalue weighted by molar-refractivity contribution is 7.17. The fourth-order valence-corrected chi connectivity index (χ4v) is 2.30. The molecule has 0 radical (unpaired) electrons. The van der Waals surface area contributed by atoms with Crippen molar-refractivity contribution in [3.05, 3.63) is 23.2 Å². The summed E-state index contributed by atoms with van der Waals surface area (Å²) in [5.41, 5.74) is 5.89. The van der Waals surface area contributed by atoms with Gasteiger partial charge in [0.25, 0.3) is 0 Å². The molecule has 15 heavy (non-hydrogen) atoms. The minimum atomic E-state index is -1.06. The van der Waals surface area contributed by atoms with Gasteiger partial charge < -0.3 is 15.4 Å². The predicted molar refractivity (Wildman–Crippen MR) is 56.0 cm³/mol. The van der Waals surface area contributed by atoms with E-state index in [1.54, 1.807) is 12.1 Å². The Labute approximate surface area is 88.7 Å². The van der Waals surface area contributed by atoms with Crippen molar-refractivity contribution in [1.29, 1.82) is 0 Å². The van der Waals surface area contributed by atoms with Gasteiger partial charge in [-0.25, -0.2) is 4.79 Å². The summed E-state index contributed by atoms with van der Waals surface area (Å²) < 4.78 is 2.25. The van der Waals surface area contributed by atoms with Gasteiger partial charge in [0.1, 0.15) is 12.2 Å².